The van der Waals surface area contributed by atoms with Crippen LogP contribution in [0.25, 0.3) is 0 Å². The van der Waals surface area contributed by atoms with E-state index in [0.29, 0.717) is 26.1 Å². The van der Waals surface area contributed by atoms with Crippen LogP contribution in [0.15, 0.2) is 41.6 Å². The molecule has 1 atom stereocenters. The third-order valence-corrected chi connectivity index (χ3v) is 4.26. The van der Waals surface area contributed by atoms with Crippen LogP contribution in [0.1, 0.15) is 37.8 Å². The fourth-order valence-corrected chi connectivity index (χ4v) is 3.05. The molecule has 1 aliphatic carbocycles. The highest BCUT2D eigenvalue weighted by molar-refractivity contribution is 5.74. The molecule has 0 radical (unpaired) electrons. The topological polar surface area (TPSA) is 47.6 Å². The summed E-state index contributed by atoms with van der Waals surface area (Å²) in [6.07, 6.45) is 3.04. The van der Waals surface area contributed by atoms with Gasteiger partial charge in [0.05, 0.1) is 13.2 Å². The van der Waals surface area contributed by atoms with Crippen LogP contribution in [-0.2, 0) is 14.3 Å². The van der Waals surface area contributed by atoms with Crippen LogP contribution in [0, 0.1) is 0 Å². The number of hydrogen-bond donors (Lipinski definition) is 1. The first-order chi connectivity index (χ1) is 10.2. The van der Waals surface area contributed by atoms with Crippen molar-refractivity contribution in [1.82, 2.24) is 5.32 Å². The number of ether oxygens (including phenoxy) is 2. The summed E-state index contributed by atoms with van der Waals surface area (Å²) >= 11 is 0. The van der Waals surface area contributed by atoms with Crippen LogP contribution >= 0.6 is 0 Å². The van der Waals surface area contributed by atoms with Crippen molar-refractivity contribution in [3.05, 3.63) is 47.2 Å². The molecule has 1 heterocycles. The SMILES string of the molecule is C[C@@H](NC1=C(C=O)CCC2(C1)OCCO2)c1ccccc1. The normalized spacial score (nSPS) is 22.3. The molecular formula is C17H21NO3. The lowest BCUT2D eigenvalue weighted by molar-refractivity contribution is -0.164. The maximum absolute atomic E-state index is 11.3. The predicted octanol–water partition coefficient (Wildman–Crippen LogP) is 2.72. The van der Waals surface area contributed by atoms with Gasteiger partial charge in [0.2, 0.25) is 0 Å². The predicted molar refractivity (Wildman–Crippen MR) is 79.6 cm³/mol. The Morgan fingerprint density at radius 2 is 1.95 bits per heavy atom. The van der Waals surface area contributed by atoms with Crippen LogP contribution in [0.3, 0.4) is 0 Å². The van der Waals surface area contributed by atoms with Gasteiger partial charge in [0, 0.05) is 30.2 Å². The van der Waals surface area contributed by atoms with Crippen molar-refractivity contribution in [1.29, 1.82) is 0 Å². The first-order valence-electron chi connectivity index (χ1n) is 7.49. The van der Waals surface area contributed by atoms with Gasteiger partial charge in [-0.1, -0.05) is 30.3 Å². The van der Waals surface area contributed by atoms with Crippen molar-refractivity contribution < 1.29 is 14.3 Å². The van der Waals surface area contributed by atoms with Crippen LogP contribution in [0.4, 0.5) is 0 Å². The fourth-order valence-electron chi connectivity index (χ4n) is 3.05. The summed E-state index contributed by atoms with van der Waals surface area (Å²) in [5.41, 5.74) is 2.99. The molecule has 0 saturated carbocycles. The third-order valence-electron chi connectivity index (χ3n) is 4.26. The average Bonchev–Trinajstić information content (AvgIpc) is 2.96. The molecule has 21 heavy (non-hydrogen) atoms. The van der Waals surface area contributed by atoms with Crippen LogP contribution in [0.5, 0.6) is 0 Å². The maximum Gasteiger partial charge on any atom is 0.174 e. The highest BCUT2D eigenvalue weighted by Crippen LogP contribution is 2.38. The van der Waals surface area contributed by atoms with Gasteiger partial charge in [-0.3, -0.25) is 4.79 Å². The van der Waals surface area contributed by atoms with Crippen molar-refractivity contribution in [3.63, 3.8) is 0 Å². The lowest BCUT2D eigenvalue weighted by Gasteiger charge is -2.34. The molecule has 1 aromatic carbocycles. The molecule has 0 bridgehead atoms. The molecule has 0 unspecified atom stereocenters. The van der Waals surface area contributed by atoms with Gasteiger partial charge in [0.15, 0.2) is 5.79 Å². The Morgan fingerprint density at radius 1 is 1.24 bits per heavy atom. The third kappa shape index (κ3) is 3.01. The minimum absolute atomic E-state index is 0.146. The number of carbonyl (C=O) groups excluding carboxylic acids is 1. The van der Waals surface area contributed by atoms with Gasteiger partial charge in [0.25, 0.3) is 0 Å². The molecule has 1 fully saturated rings. The second kappa shape index (κ2) is 6.00. The first kappa shape index (κ1) is 14.3. The van der Waals surface area contributed by atoms with Gasteiger partial charge in [-0.2, -0.15) is 0 Å². The lowest BCUT2D eigenvalue weighted by Crippen LogP contribution is -2.38. The first-order valence-corrected chi connectivity index (χ1v) is 7.49. The Bertz CT molecular complexity index is 532. The monoisotopic (exact) mass is 287 g/mol. The molecule has 0 amide bonds. The molecule has 1 aromatic rings. The van der Waals surface area contributed by atoms with E-state index in [2.05, 4.69) is 24.4 Å². The van der Waals surface area contributed by atoms with Crippen LogP contribution < -0.4 is 5.32 Å². The molecule has 1 spiro atoms. The second-order valence-corrected chi connectivity index (χ2v) is 5.68. The Morgan fingerprint density at radius 3 is 2.62 bits per heavy atom. The number of benzene rings is 1. The Labute approximate surface area is 125 Å². The number of allylic oxidation sites excluding steroid dienone is 1. The summed E-state index contributed by atoms with van der Waals surface area (Å²) < 4.78 is 11.6. The molecule has 2 aliphatic rings. The molecule has 1 N–H and O–H groups in total. The molecule has 3 rings (SSSR count). The summed E-state index contributed by atoms with van der Waals surface area (Å²) in [5, 5.41) is 3.48. The van der Waals surface area contributed by atoms with Crippen LogP contribution in [0.2, 0.25) is 0 Å². The quantitative estimate of drug-likeness (QED) is 0.865. The Kier molecular flexibility index (Phi) is 4.08. The van der Waals surface area contributed by atoms with E-state index in [0.717, 1.165) is 24.0 Å². The Hall–Kier alpha value is -1.65. The summed E-state index contributed by atoms with van der Waals surface area (Å²) in [7, 11) is 0. The van der Waals surface area contributed by atoms with E-state index in [1.54, 1.807) is 0 Å². The Balaban J connectivity index is 1.77. The zero-order chi connectivity index (χ0) is 14.7. The highest BCUT2D eigenvalue weighted by atomic mass is 16.7. The summed E-state index contributed by atoms with van der Waals surface area (Å²) in [6.45, 7) is 3.37. The lowest BCUT2D eigenvalue weighted by atomic mass is 9.91. The van der Waals surface area contributed by atoms with Crippen molar-refractivity contribution in [2.24, 2.45) is 0 Å². The van der Waals surface area contributed by atoms with E-state index in [-0.39, 0.29) is 6.04 Å². The van der Waals surface area contributed by atoms with Crippen molar-refractivity contribution in [3.8, 4) is 0 Å². The van der Waals surface area contributed by atoms with E-state index < -0.39 is 5.79 Å². The van der Waals surface area contributed by atoms with Crippen LogP contribution in [-0.4, -0.2) is 25.3 Å². The molecule has 4 heteroatoms. The maximum atomic E-state index is 11.3. The number of hydrogen-bond acceptors (Lipinski definition) is 4. The van der Waals surface area contributed by atoms with E-state index in [4.69, 9.17) is 9.47 Å². The van der Waals surface area contributed by atoms with Crippen molar-refractivity contribution >= 4 is 6.29 Å². The van der Waals surface area contributed by atoms with E-state index in [1.807, 2.05) is 18.2 Å². The van der Waals surface area contributed by atoms with Gasteiger partial charge < -0.3 is 14.8 Å². The van der Waals surface area contributed by atoms with Gasteiger partial charge in [0.1, 0.15) is 6.29 Å². The standard InChI is InChI=1S/C17H21NO3/c1-13(14-5-3-2-4-6-14)18-16-11-17(20-9-10-21-17)8-7-15(16)12-19/h2-6,12-13,18H,7-11H2,1H3/t13-/m1/s1. The molecule has 112 valence electrons. The zero-order valence-electron chi connectivity index (χ0n) is 12.3. The minimum atomic E-state index is -0.523. The van der Waals surface area contributed by atoms with Gasteiger partial charge in [-0.25, -0.2) is 0 Å². The highest BCUT2D eigenvalue weighted by Gasteiger charge is 2.41. The number of nitrogens with one attached hydrogen (secondary N) is 1. The number of aldehydes is 1. The average molecular weight is 287 g/mol. The summed E-state index contributed by atoms with van der Waals surface area (Å²) in [4.78, 5) is 11.3. The second-order valence-electron chi connectivity index (χ2n) is 5.68. The van der Waals surface area contributed by atoms with Gasteiger partial charge in [-0.05, 0) is 18.9 Å². The molecule has 4 nitrogen and oxygen atoms in total. The largest absolute Gasteiger partial charge is 0.381 e. The number of rotatable bonds is 4. The molecule has 1 aliphatic heterocycles. The van der Waals surface area contributed by atoms with Gasteiger partial charge >= 0.3 is 0 Å². The zero-order valence-corrected chi connectivity index (χ0v) is 12.3. The van der Waals surface area contributed by atoms with Gasteiger partial charge in [-0.15, -0.1) is 0 Å². The summed E-state index contributed by atoms with van der Waals surface area (Å²) in [6, 6.07) is 10.4. The van der Waals surface area contributed by atoms with E-state index in [1.165, 1.54) is 5.56 Å². The van der Waals surface area contributed by atoms with E-state index in [9.17, 15) is 4.79 Å². The number of carbonyl (C=O) groups is 1. The molecular weight excluding hydrogens is 266 g/mol. The summed E-state index contributed by atoms with van der Waals surface area (Å²) in [5.74, 6) is -0.523. The fraction of sp³-hybridized carbons (Fsp3) is 0.471. The van der Waals surface area contributed by atoms with E-state index >= 15 is 0 Å². The van der Waals surface area contributed by atoms with Crippen molar-refractivity contribution in [2.45, 2.75) is 38.0 Å². The molecule has 0 aromatic heterocycles. The minimum Gasteiger partial charge on any atom is -0.381 e. The van der Waals surface area contributed by atoms with Crippen molar-refractivity contribution in [2.75, 3.05) is 13.2 Å². The smallest absolute Gasteiger partial charge is 0.174 e. The molecule has 1 saturated heterocycles.